The molecule has 0 spiro atoms. The molecule has 0 bridgehead atoms. The van der Waals surface area contributed by atoms with Crippen LogP contribution in [0.25, 0.3) is 0 Å². The molecule has 0 N–H and O–H groups in total. The molecule has 4 nitrogen and oxygen atoms in total. The molecule has 0 fully saturated rings. The van der Waals surface area contributed by atoms with Crippen LogP contribution in [0.5, 0.6) is 0 Å². The minimum absolute atomic E-state index is 0.0300. The summed E-state index contributed by atoms with van der Waals surface area (Å²) in [6.45, 7) is 1.96. The molecule has 1 atom stereocenters. The molecule has 0 saturated heterocycles. The van der Waals surface area contributed by atoms with Crippen LogP contribution in [0.4, 0.5) is 0 Å². The molecule has 17 heavy (non-hydrogen) atoms. The van der Waals surface area contributed by atoms with Gasteiger partial charge in [-0.25, -0.2) is 4.98 Å². The van der Waals surface area contributed by atoms with Crippen molar-refractivity contribution >= 4 is 12.1 Å². The van der Waals surface area contributed by atoms with E-state index < -0.39 is 5.78 Å². The molecule has 86 valence electrons. The van der Waals surface area contributed by atoms with E-state index in [0.29, 0.717) is 12.0 Å². The molecule has 0 aliphatic heterocycles. The zero-order valence-electron chi connectivity index (χ0n) is 9.41. The highest BCUT2D eigenvalue weighted by atomic mass is 16.2. The number of imidazole rings is 1. The third kappa shape index (κ3) is 2.15. The van der Waals surface area contributed by atoms with Crippen molar-refractivity contribution in [2.45, 2.75) is 13.0 Å². The summed E-state index contributed by atoms with van der Waals surface area (Å²) in [6.07, 6.45) is 3.29. The highest BCUT2D eigenvalue weighted by Gasteiger charge is 2.15. The van der Waals surface area contributed by atoms with Crippen molar-refractivity contribution in [1.29, 1.82) is 0 Å². The lowest BCUT2D eigenvalue weighted by Crippen LogP contribution is -2.13. The minimum atomic E-state index is -0.551. The van der Waals surface area contributed by atoms with Crippen LogP contribution >= 0.6 is 0 Å². The Morgan fingerprint density at radius 3 is 2.71 bits per heavy atom. The lowest BCUT2D eigenvalue weighted by molar-refractivity contribution is -0.104. The van der Waals surface area contributed by atoms with Gasteiger partial charge in [0.2, 0.25) is 5.78 Å². The summed E-state index contributed by atoms with van der Waals surface area (Å²) in [4.78, 5) is 25.8. The van der Waals surface area contributed by atoms with Crippen molar-refractivity contribution in [1.82, 2.24) is 9.55 Å². The topological polar surface area (TPSA) is 52.0 Å². The molecular formula is C13H12N2O2. The van der Waals surface area contributed by atoms with Gasteiger partial charge in [-0.2, -0.15) is 0 Å². The van der Waals surface area contributed by atoms with Gasteiger partial charge < -0.3 is 4.57 Å². The molecule has 2 rings (SSSR count). The van der Waals surface area contributed by atoms with Gasteiger partial charge in [-0.15, -0.1) is 0 Å². The molecule has 1 heterocycles. The van der Waals surface area contributed by atoms with Crippen molar-refractivity contribution in [3.05, 3.63) is 54.1 Å². The number of nitrogens with zero attached hydrogens (tertiary/aromatic N) is 2. The Balaban J connectivity index is 2.38. The van der Waals surface area contributed by atoms with Gasteiger partial charge in [0, 0.05) is 0 Å². The van der Waals surface area contributed by atoms with E-state index in [9.17, 15) is 9.59 Å². The summed E-state index contributed by atoms with van der Waals surface area (Å²) in [6, 6.07) is 9.72. The van der Waals surface area contributed by atoms with Crippen LogP contribution in [0.3, 0.4) is 0 Å². The summed E-state index contributed by atoms with van der Waals surface area (Å²) in [7, 11) is 0. The number of ketones is 1. The van der Waals surface area contributed by atoms with Crippen LogP contribution in [-0.2, 0) is 4.79 Å². The lowest BCUT2D eigenvalue weighted by atomic mass is 10.1. The molecule has 0 unspecified atom stereocenters. The van der Waals surface area contributed by atoms with Crippen LogP contribution in [-0.4, -0.2) is 21.6 Å². The molecule has 0 radical (unpaired) electrons. The molecule has 1 aromatic heterocycles. The van der Waals surface area contributed by atoms with Gasteiger partial charge in [0.1, 0.15) is 5.69 Å². The lowest BCUT2D eigenvalue weighted by Gasteiger charge is -2.15. The van der Waals surface area contributed by atoms with Gasteiger partial charge >= 0.3 is 0 Å². The smallest absolute Gasteiger partial charge is 0.243 e. The second-order valence-corrected chi connectivity index (χ2v) is 3.75. The average Bonchev–Trinajstić information content (AvgIpc) is 2.87. The predicted octanol–water partition coefficient (Wildman–Crippen LogP) is 1.87. The van der Waals surface area contributed by atoms with Crippen LogP contribution < -0.4 is 0 Å². The Bertz CT molecular complexity index is 531. The van der Waals surface area contributed by atoms with Gasteiger partial charge in [-0.3, -0.25) is 9.59 Å². The number of aromatic nitrogens is 2. The van der Waals surface area contributed by atoms with Crippen molar-refractivity contribution in [3.63, 3.8) is 0 Å². The number of hydrogen-bond donors (Lipinski definition) is 0. The maximum atomic E-state index is 11.4. The Morgan fingerprint density at radius 2 is 2.06 bits per heavy atom. The van der Waals surface area contributed by atoms with E-state index in [2.05, 4.69) is 4.98 Å². The summed E-state index contributed by atoms with van der Waals surface area (Å²) in [5.74, 6) is -0.551. The van der Waals surface area contributed by atoms with E-state index in [1.54, 1.807) is 10.9 Å². The van der Waals surface area contributed by atoms with Crippen molar-refractivity contribution < 1.29 is 9.59 Å². The van der Waals surface area contributed by atoms with Crippen LogP contribution in [0.2, 0.25) is 0 Å². The minimum Gasteiger partial charge on any atom is -0.320 e. The van der Waals surface area contributed by atoms with Gasteiger partial charge in [0.25, 0.3) is 0 Å². The van der Waals surface area contributed by atoms with Gasteiger partial charge in [0.15, 0.2) is 6.29 Å². The largest absolute Gasteiger partial charge is 0.320 e. The molecule has 4 heteroatoms. The second-order valence-electron chi connectivity index (χ2n) is 3.75. The zero-order chi connectivity index (χ0) is 12.3. The van der Waals surface area contributed by atoms with Crippen LogP contribution in [0, 0.1) is 0 Å². The summed E-state index contributed by atoms with van der Waals surface area (Å²) in [5.41, 5.74) is 1.38. The fraction of sp³-hybridized carbons (Fsp3) is 0.154. The van der Waals surface area contributed by atoms with E-state index in [-0.39, 0.29) is 6.04 Å². The van der Waals surface area contributed by atoms with E-state index in [4.69, 9.17) is 0 Å². The molecule has 1 aromatic carbocycles. The first-order chi connectivity index (χ1) is 8.24. The molecule has 2 aromatic rings. The fourth-order valence-corrected chi connectivity index (χ4v) is 1.76. The summed E-state index contributed by atoms with van der Waals surface area (Å²) < 4.78 is 1.70. The van der Waals surface area contributed by atoms with Crippen LogP contribution in [0.1, 0.15) is 29.0 Å². The highest BCUT2D eigenvalue weighted by molar-refractivity contribution is 6.32. The first-order valence-corrected chi connectivity index (χ1v) is 5.30. The molecule has 0 aliphatic rings. The molecule has 0 aliphatic carbocycles. The van der Waals surface area contributed by atoms with E-state index in [0.717, 1.165) is 5.56 Å². The van der Waals surface area contributed by atoms with E-state index in [1.165, 1.54) is 6.20 Å². The Labute approximate surface area is 98.9 Å². The van der Waals surface area contributed by atoms with Crippen molar-refractivity contribution in [2.24, 2.45) is 0 Å². The standard InChI is InChI=1S/C13H12N2O2/c1-10(11-5-3-2-4-6-11)15-9-14-7-12(15)13(17)8-16/h2-10H,1H3/t10-/m1/s1. The second kappa shape index (κ2) is 4.74. The van der Waals surface area contributed by atoms with Crippen LogP contribution in [0.15, 0.2) is 42.9 Å². The Kier molecular flexibility index (Phi) is 3.14. The Morgan fingerprint density at radius 1 is 1.35 bits per heavy atom. The molecule has 0 amide bonds. The van der Waals surface area contributed by atoms with Gasteiger partial charge in [-0.1, -0.05) is 30.3 Å². The number of benzene rings is 1. The Hall–Kier alpha value is -2.23. The van der Waals surface area contributed by atoms with Crippen molar-refractivity contribution in [2.75, 3.05) is 0 Å². The first kappa shape index (κ1) is 11.3. The third-order valence-electron chi connectivity index (χ3n) is 2.72. The quantitative estimate of drug-likeness (QED) is 0.456. The number of carbonyl (C=O) groups is 2. The maximum absolute atomic E-state index is 11.4. The van der Waals surface area contributed by atoms with Crippen molar-refractivity contribution in [3.8, 4) is 0 Å². The van der Waals surface area contributed by atoms with Gasteiger partial charge in [-0.05, 0) is 12.5 Å². The number of aldehydes is 1. The first-order valence-electron chi connectivity index (χ1n) is 5.30. The average molecular weight is 228 g/mol. The number of hydrogen-bond acceptors (Lipinski definition) is 3. The summed E-state index contributed by atoms with van der Waals surface area (Å²) in [5, 5.41) is 0. The third-order valence-corrected chi connectivity index (χ3v) is 2.72. The number of carbonyl (C=O) groups excluding carboxylic acids is 2. The summed E-state index contributed by atoms with van der Waals surface area (Å²) >= 11 is 0. The highest BCUT2D eigenvalue weighted by Crippen LogP contribution is 2.19. The number of Topliss-reactive ketones (excluding diaryl/α,β-unsaturated/α-hetero) is 1. The van der Waals surface area contributed by atoms with Gasteiger partial charge in [0.05, 0.1) is 18.6 Å². The fourth-order valence-electron chi connectivity index (χ4n) is 1.76. The molecular weight excluding hydrogens is 216 g/mol. The predicted molar refractivity (Wildman–Crippen MR) is 62.9 cm³/mol. The van der Waals surface area contributed by atoms with E-state index >= 15 is 0 Å². The SMILES string of the molecule is C[C@H](c1ccccc1)n1cncc1C(=O)C=O. The maximum Gasteiger partial charge on any atom is 0.243 e. The zero-order valence-corrected chi connectivity index (χ0v) is 9.41. The normalized spacial score (nSPS) is 12.1. The van der Waals surface area contributed by atoms with E-state index in [1.807, 2.05) is 37.3 Å². The number of rotatable bonds is 4. The monoisotopic (exact) mass is 228 g/mol. The molecule has 0 saturated carbocycles.